The molecule has 0 amide bonds. The fourth-order valence-electron chi connectivity index (χ4n) is 1.95. The van der Waals surface area contributed by atoms with Gasteiger partial charge in [-0.1, -0.05) is 20.8 Å². The zero-order chi connectivity index (χ0) is 11.3. The Labute approximate surface area is 94.1 Å². The van der Waals surface area contributed by atoms with Crippen molar-refractivity contribution < 1.29 is 0 Å². The largest absolute Gasteiger partial charge is 0.316 e. The third-order valence-electron chi connectivity index (χ3n) is 3.41. The summed E-state index contributed by atoms with van der Waals surface area (Å²) in [6, 6.07) is 2.22. The van der Waals surface area contributed by atoms with Gasteiger partial charge in [-0.25, -0.2) is 0 Å². The van der Waals surface area contributed by atoms with Gasteiger partial charge in [0.25, 0.3) is 0 Å². The van der Waals surface area contributed by atoms with Crippen molar-refractivity contribution >= 4 is 0 Å². The molecule has 2 heteroatoms. The molecule has 2 nitrogen and oxygen atoms in total. The normalized spacial score (nSPS) is 18.5. The van der Waals surface area contributed by atoms with Crippen molar-refractivity contribution in [3.63, 3.8) is 0 Å². The fourth-order valence-corrected chi connectivity index (χ4v) is 1.95. The highest BCUT2D eigenvalue weighted by Gasteiger charge is 2.27. The van der Waals surface area contributed by atoms with E-state index in [1.54, 1.807) is 0 Å². The lowest BCUT2D eigenvalue weighted by Crippen LogP contribution is -2.32. The van der Waals surface area contributed by atoms with Crippen molar-refractivity contribution in [3.05, 3.63) is 0 Å². The van der Waals surface area contributed by atoms with E-state index in [0.29, 0.717) is 6.42 Å². The molecule has 1 fully saturated rings. The van der Waals surface area contributed by atoms with Crippen molar-refractivity contribution in [1.29, 1.82) is 5.26 Å². The monoisotopic (exact) mass is 208 g/mol. The Bertz CT molecular complexity index is 223. The number of nitrogens with one attached hydrogen (secondary N) is 1. The van der Waals surface area contributed by atoms with E-state index in [2.05, 4.69) is 32.2 Å². The number of nitriles is 1. The van der Waals surface area contributed by atoms with E-state index < -0.39 is 0 Å². The maximum atomic E-state index is 8.55. The second-order valence-corrected chi connectivity index (χ2v) is 5.77. The third-order valence-corrected chi connectivity index (χ3v) is 3.41. The fraction of sp³-hybridized carbons (Fsp3) is 0.923. The van der Waals surface area contributed by atoms with Crippen LogP contribution in [-0.4, -0.2) is 13.1 Å². The van der Waals surface area contributed by atoms with Crippen molar-refractivity contribution in [3.8, 4) is 6.07 Å². The predicted molar refractivity (Wildman–Crippen MR) is 63.4 cm³/mol. The van der Waals surface area contributed by atoms with Gasteiger partial charge in [0, 0.05) is 13.0 Å². The van der Waals surface area contributed by atoms with Crippen LogP contribution in [0.1, 0.15) is 46.5 Å². The molecule has 1 unspecified atom stereocenters. The van der Waals surface area contributed by atoms with Crippen LogP contribution in [-0.2, 0) is 0 Å². The molecule has 15 heavy (non-hydrogen) atoms. The summed E-state index contributed by atoms with van der Waals surface area (Å²) in [4.78, 5) is 0. The molecule has 1 aliphatic rings. The van der Waals surface area contributed by atoms with Gasteiger partial charge in [0.15, 0.2) is 0 Å². The third kappa shape index (κ3) is 5.18. The summed E-state index contributed by atoms with van der Waals surface area (Å²) in [6.07, 6.45) is 4.53. The van der Waals surface area contributed by atoms with Gasteiger partial charge in [-0.2, -0.15) is 5.26 Å². The molecule has 1 N–H and O–H groups in total. The summed E-state index contributed by atoms with van der Waals surface area (Å²) in [5, 5.41) is 12.1. The smallest absolute Gasteiger partial charge is 0.0621 e. The van der Waals surface area contributed by atoms with Gasteiger partial charge < -0.3 is 5.32 Å². The molecule has 86 valence electrons. The molecule has 1 rings (SSSR count). The molecule has 0 heterocycles. The molecule has 0 saturated heterocycles. The molecule has 1 saturated carbocycles. The zero-order valence-electron chi connectivity index (χ0n) is 10.3. The lowest BCUT2D eigenvalue weighted by atomic mass is 9.88. The Kier molecular flexibility index (Phi) is 4.60. The lowest BCUT2D eigenvalue weighted by molar-refractivity contribution is 0.305. The second kappa shape index (κ2) is 5.51. The molecule has 0 aromatic rings. The predicted octanol–water partition coefficient (Wildman–Crippen LogP) is 2.95. The van der Waals surface area contributed by atoms with Crippen molar-refractivity contribution in [2.75, 3.05) is 13.1 Å². The molecule has 0 aromatic heterocycles. The molecule has 1 aliphatic carbocycles. The van der Waals surface area contributed by atoms with Crippen LogP contribution in [0.15, 0.2) is 0 Å². The first-order chi connectivity index (χ1) is 7.05. The van der Waals surface area contributed by atoms with Gasteiger partial charge >= 0.3 is 0 Å². The van der Waals surface area contributed by atoms with Gasteiger partial charge in [-0.15, -0.1) is 0 Å². The average molecular weight is 208 g/mol. The van der Waals surface area contributed by atoms with Crippen LogP contribution in [0.4, 0.5) is 0 Å². The van der Waals surface area contributed by atoms with Crippen LogP contribution in [0.5, 0.6) is 0 Å². The Morgan fingerprint density at radius 2 is 2.13 bits per heavy atom. The molecular weight excluding hydrogens is 184 g/mol. The quantitative estimate of drug-likeness (QED) is 0.698. The summed E-state index contributed by atoms with van der Waals surface area (Å²) in [7, 11) is 0. The van der Waals surface area contributed by atoms with E-state index >= 15 is 0 Å². The van der Waals surface area contributed by atoms with E-state index in [0.717, 1.165) is 31.3 Å². The zero-order valence-corrected chi connectivity index (χ0v) is 10.3. The first-order valence-corrected chi connectivity index (χ1v) is 6.13. The second-order valence-electron chi connectivity index (χ2n) is 5.77. The molecule has 1 atom stereocenters. The van der Waals surface area contributed by atoms with E-state index in [4.69, 9.17) is 5.26 Å². The first kappa shape index (κ1) is 12.5. The van der Waals surface area contributed by atoms with E-state index in [1.165, 1.54) is 12.8 Å². The summed E-state index contributed by atoms with van der Waals surface area (Å²) in [5.74, 6) is 1.82. The van der Waals surface area contributed by atoms with Crippen molar-refractivity contribution in [2.45, 2.75) is 46.5 Å². The van der Waals surface area contributed by atoms with Crippen molar-refractivity contribution in [2.24, 2.45) is 17.3 Å². The molecule has 0 aliphatic heterocycles. The number of hydrogen-bond acceptors (Lipinski definition) is 2. The number of hydrogen-bond donors (Lipinski definition) is 1. The molecule has 0 radical (unpaired) electrons. The maximum absolute atomic E-state index is 8.55. The Morgan fingerprint density at radius 3 is 2.67 bits per heavy atom. The Morgan fingerprint density at radius 1 is 1.47 bits per heavy atom. The molecule has 0 spiro atoms. The van der Waals surface area contributed by atoms with Crippen molar-refractivity contribution in [1.82, 2.24) is 5.32 Å². The minimum Gasteiger partial charge on any atom is -0.316 e. The van der Waals surface area contributed by atoms with Crippen LogP contribution < -0.4 is 5.32 Å². The molecule has 0 bridgehead atoms. The minimum absolute atomic E-state index is 0.263. The van der Waals surface area contributed by atoms with Crippen LogP contribution in [0.2, 0.25) is 0 Å². The van der Waals surface area contributed by atoms with E-state index in [-0.39, 0.29) is 5.41 Å². The van der Waals surface area contributed by atoms with Gasteiger partial charge in [-0.3, -0.25) is 0 Å². The molecular formula is C13H24N2. The van der Waals surface area contributed by atoms with Crippen LogP contribution >= 0.6 is 0 Å². The van der Waals surface area contributed by atoms with E-state index in [9.17, 15) is 0 Å². The summed E-state index contributed by atoms with van der Waals surface area (Å²) >= 11 is 0. The highest BCUT2D eigenvalue weighted by Crippen LogP contribution is 2.36. The highest BCUT2D eigenvalue weighted by molar-refractivity contribution is 4.82. The standard InChI is InChI=1S/C13H24N2/c1-11(12-5-6-12)9-15-10-13(2,3)7-4-8-14/h11-12,15H,4-7,9-10H2,1-3H3. The van der Waals surface area contributed by atoms with Gasteiger partial charge in [0.1, 0.15) is 0 Å². The van der Waals surface area contributed by atoms with Crippen LogP contribution in [0.25, 0.3) is 0 Å². The van der Waals surface area contributed by atoms with Gasteiger partial charge in [0.2, 0.25) is 0 Å². The summed E-state index contributed by atoms with van der Waals surface area (Å²) < 4.78 is 0. The Balaban J connectivity index is 2.09. The lowest BCUT2D eigenvalue weighted by Gasteiger charge is -2.25. The number of nitrogens with zero attached hydrogens (tertiary/aromatic N) is 1. The van der Waals surface area contributed by atoms with E-state index in [1.807, 2.05) is 0 Å². The topological polar surface area (TPSA) is 35.8 Å². The Hall–Kier alpha value is -0.550. The van der Waals surface area contributed by atoms with Gasteiger partial charge in [-0.05, 0) is 43.1 Å². The van der Waals surface area contributed by atoms with Crippen LogP contribution in [0, 0.1) is 28.6 Å². The SMILES string of the molecule is CC(CNCC(C)(C)CCC#N)C1CC1. The van der Waals surface area contributed by atoms with Gasteiger partial charge in [0.05, 0.1) is 6.07 Å². The minimum atomic E-state index is 0.263. The number of rotatable bonds is 7. The molecule has 0 aromatic carbocycles. The first-order valence-electron chi connectivity index (χ1n) is 6.13. The maximum Gasteiger partial charge on any atom is 0.0621 e. The summed E-state index contributed by atoms with van der Waals surface area (Å²) in [6.45, 7) is 8.98. The highest BCUT2D eigenvalue weighted by atomic mass is 14.9. The van der Waals surface area contributed by atoms with Crippen LogP contribution in [0.3, 0.4) is 0 Å². The summed E-state index contributed by atoms with van der Waals surface area (Å²) in [5.41, 5.74) is 0.263. The average Bonchev–Trinajstić information content (AvgIpc) is 2.97.